The lowest BCUT2D eigenvalue weighted by atomic mass is 9.86. The van der Waals surface area contributed by atoms with Crippen LogP contribution in [0.4, 0.5) is 6.01 Å². The fourth-order valence-corrected chi connectivity index (χ4v) is 3.44. The van der Waals surface area contributed by atoms with Crippen molar-refractivity contribution in [2.45, 2.75) is 38.8 Å². The van der Waals surface area contributed by atoms with Crippen molar-refractivity contribution < 1.29 is 9.21 Å². The SMILES string of the molecule is C[C@@H]1N(C(=O)[C@@H](C)Nc2nnc(-c3ccc(Cl)cc3)o2)CC12CC2. The van der Waals surface area contributed by atoms with Crippen molar-refractivity contribution in [2.24, 2.45) is 5.41 Å². The van der Waals surface area contributed by atoms with Crippen molar-refractivity contribution in [3.8, 4) is 11.5 Å². The molecule has 2 aromatic rings. The first-order chi connectivity index (χ1) is 11.5. The molecule has 1 aromatic carbocycles. The van der Waals surface area contributed by atoms with Gasteiger partial charge in [-0.3, -0.25) is 4.79 Å². The van der Waals surface area contributed by atoms with Gasteiger partial charge < -0.3 is 14.6 Å². The second-order valence-corrected chi connectivity index (χ2v) is 7.23. The third kappa shape index (κ3) is 2.55. The minimum absolute atomic E-state index is 0.0752. The molecule has 1 spiro atoms. The average molecular weight is 347 g/mol. The molecular formula is C17H19ClN4O2. The van der Waals surface area contributed by atoms with Crippen LogP contribution in [0.15, 0.2) is 28.7 Å². The molecule has 1 saturated carbocycles. The van der Waals surface area contributed by atoms with Gasteiger partial charge >= 0.3 is 6.01 Å². The van der Waals surface area contributed by atoms with Gasteiger partial charge in [-0.2, -0.15) is 0 Å². The first-order valence-electron chi connectivity index (χ1n) is 8.15. The van der Waals surface area contributed by atoms with E-state index in [9.17, 15) is 4.79 Å². The summed E-state index contributed by atoms with van der Waals surface area (Å²) in [4.78, 5) is 14.5. The molecule has 0 unspecified atom stereocenters. The van der Waals surface area contributed by atoms with Crippen molar-refractivity contribution in [2.75, 3.05) is 11.9 Å². The molecule has 6 nitrogen and oxygen atoms in total. The topological polar surface area (TPSA) is 71.3 Å². The molecule has 1 aromatic heterocycles. The van der Waals surface area contributed by atoms with Gasteiger partial charge in [-0.25, -0.2) is 0 Å². The average Bonchev–Trinajstić information content (AvgIpc) is 3.28. The van der Waals surface area contributed by atoms with E-state index in [1.807, 2.05) is 24.0 Å². The standard InChI is InChI=1S/C17H19ClN4O2/c1-10(15(23)22-9-17(7-8-17)11(22)2)19-16-21-20-14(24-16)12-3-5-13(18)6-4-12/h3-6,10-11H,7-9H2,1-2H3,(H,19,21)/t10-,11+/m1/s1. The lowest BCUT2D eigenvalue weighted by Crippen LogP contribution is -2.61. The molecule has 1 aliphatic heterocycles. The normalized spacial score (nSPS) is 22.1. The van der Waals surface area contributed by atoms with Crippen LogP contribution in [0.3, 0.4) is 0 Å². The Kier molecular flexibility index (Phi) is 3.53. The second kappa shape index (κ2) is 5.48. The first kappa shape index (κ1) is 15.4. The van der Waals surface area contributed by atoms with Crippen LogP contribution in [0.1, 0.15) is 26.7 Å². The molecule has 2 atom stereocenters. The highest BCUT2D eigenvalue weighted by Gasteiger charge is 2.59. The Hall–Kier alpha value is -2.08. The number of anilines is 1. The molecule has 126 valence electrons. The maximum absolute atomic E-state index is 12.5. The predicted octanol–water partition coefficient (Wildman–Crippen LogP) is 3.20. The van der Waals surface area contributed by atoms with E-state index in [2.05, 4.69) is 22.4 Å². The molecule has 2 aliphatic rings. The number of aromatic nitrogens is 2. The van der Waals surface area contributed by atoms with Gasteiger partial charge in [0.15, 0.2) is 0 Å². The highest BCUT2D eigenvalue weighted by Crippen LogP contribution is 2.57. The summed E-state index contributed by atoms with van der Waals surface area (Å²) in [5.41, 5.74) is 1.20. The molecule has 1 amide bonds. The van der Waals surface area contributed by atoms with Crippen molar-refractivity contribution in [1.82, 2.24) is 15.1 Å². The van der Waals surface area contributed by atoms with Crippen LogP contribution in [0.5, 0.6) is 0 Å². The summed E-state index contributed by atoms with van der Waals surface area (Å²) in [6.07, 6.45) is 2.49. The highest BCUT2D eigenvalue weighted by molar-refractivity contribution is 6.30. The van der Waals surface area contributed by atoms with Crippen LogP contribution >= 0.6 is 11.6 Å². The third-order valence-corrected chi connectivity index (χ3v) is 5.49. The number of rotatable bonds is 4. The smallest absolute Gasteiger partial charge is 0.316 e. The monoisotopic (exact) mass is 346 g/mol. The number of halogens is 1. The maximum Gasteiger partial charge on any atom is 0.316 e. The number of hydrogen-bond acceptors (Lipinski definition) is 5. The van der Waals surface area contributed by atoms with Gasteiger partial charge in [0, 0.05) is 28.6 Å². The van der Waals surface area contributed by atoms with Gasteiger partial charge in [0.25, 0.3) is 0 Å². The van der Waals surface area contributed by atoms with Gasteiger partial charge in [0.05, 0.1) is 0 Å². The molecule has 0 bridgehead atoms. The molecule has 1 saturated heterocycles. The fourth-order valence-electron chi connectivity index (χ4n) is 3.32. The maximum atomic E-state index is 12.5. The fraction of sp³-hybridized carbons (Fsp3) is 0.471. The number of nitrogens with zero attached hydrogens (tertiary/aromatic N) is 3. The Bertz CT molecular complexity index is 769. The largest absolute Gasteiger partial charge is 0.403 e. The lowest BCUT2D eigenvalue weighted by molar-refractivity contribution is -0.145. The van der Waals surface area contributed by atoms with E-state index in [1.165, 1.54) is 12.8 Å². The Morgan fingerprint density at radius 1 is 1.38 bits per heavy atom. The van der Waals surface area contributed by atoms with Crippen molar-refractivity contribution >= 4 is 23.5 Å². The summed E-state index contributed by atoms with van der Waals surface area (Å²) in [6, 6.07) is 7.33. The van der Waals surface area contributed by atoms with E-state index >= 15 is 0 Å². The Balaban J connectivity index is 1.40. The molecule has 4 rings (SSSR count). The van der Waals surface area contributed by atoms with Crippen LogP contribution in [0, 0.1) is 5.41 Å². The molecule has 1 aliphatic carbocycles. The Morgan fingerprint density at radius 3 is 2.71 bits per heavy atom. The van der Waals surface area contributed by atoms with Crippen molar-refractivity contribution in [3.63, 3.8) is 0 Å². The van der Waals surface area contributed by atoms with Crippen LogP contribution in [-0.4, -0.2) is 39.6 Å². The lowest BCUT2D eigenvalue weighted by Gasteiger charge is -2.48. The number of carbonyl (C=O) groups excluding carboxylic acids is 1. The summed E-state index contributed by atoms with van der Waals surface area (Å²) in [5.74, 6) is 0.467. The van der Waals surface area contributed by atoms with Gasteiger partial charge in [-0.15, -0.1) is 5.10 Å². The second-order valence-electron chi connectivity index (χ2n) is 6.79. The zero-order chi connectivity index (χ0) is 16.9. The van der Waals surface area contributed by atoms with Crippen LogP contribution in [-0.2, 0) is 4.79 Å². The quantitative estimate of drug-likeness (QED) is 0.920. The summed E-state index contributed by atoms with van der Waals surface area (Å²) < 4.78 is 5.59. The van der Waals surface area contributed by atoms with Crippen LogP contribution < -0.4 is 5.32 Å². The Labute approximate surface area is 145 Å². The number of amides is 1. The Morgan fingerprint density at radius 2 is 2.08 bits per heavy atom. The van der Waals surface area contributed by atoms with Gasteiger partial charge in [0.1, 0.15) is 6.04 Å². The summed E-state index contributed by atoms with van der Waals surface area (Å²) in [7, 11) is 0. The van der Waals surface area contributed by atoms with E-state index in [1.54, 1.807) is 12.1 Å². The zero-order valence-corrected chi connectivity index (χ0v) is 14.4. The highest BCUT2D eigenvalue weighted by atomic mass is 35.5. The van der Waals surface area contributed by atoms with E-state index < -0.39 is 6.04 Å². The predicted molar refractivity (Wildman–Crippen MR) is 90.7 cm³/mol. The molecule has 7 heteroatoms. The number of likely N-dealkylation sites (tertiary alicyclic amines) is 1. The summed E-state index contributed by atoms with van der Waals surface area (Å²) >= 11 is 5.87. The van der Waals surface area contributed by atoms with Crippen molar-refractivity contribution in [1.29, 1.82) is 0 Å². The minimum atomic E-state index is -0.401. The molecule has 24 heavy (non-hydrogen) atoms. The molecule has 1 N–H and O–H groups in total. The van der Waals surface area contributed by atoms with Gasteiger partial charge in [0.2, 0.25) is 11.8 Å². The number of benzene rings is 1. The van der Waals surface area contributed by atoms with E-state index in [4.69, 9.17) is 16.0 Å². The minimum Gasteiger partial charge on any atom is -0.403 e. The van der Waals surface area contributed by atoms with Gasteiger partial charge in [-0.1, -0.05) is 16.7 Å². The van der Waals surface area contributed by atoms with Crippen LogP contribution in [0.25, 0.3) is 11.5 Å². The third-order valence-electron chi connectivity index (χ3n) is 5.24. The van der Waals surface area contributed by atoms with E-state index in [0.29, 0.717) is 22.4 Å². The van der Waals surface area contributed by atoms with Crippen molar-refractivity contribution in [3.05, 3.63) is 29.3 Å². The summed E-state index contributed by atoms with van der Waals surface area (Å²) in [5, 5.41) is 11.6. The number of carbonyl (C=O) groups is 1. The molecule has 2 fully saturated rings. The molecule has 2 heterocycles. The number of nitrogens with one attached hydrogen (secondary N) is 1. The van der Waals surface area contributed by atoms with E-state index in [-0.39, 0.29) is 11.9 Å². The molecule has 0 radical (unpaired) electrons. The molecular weight excluding hydrogens is 328 g/mol. The zero-order valence-electron chi connectivity index (χ0n) is 13.6. The summed E-state index contributed by atoms with van der Waals surface area (Å²) in [6.45, 7) is 4.82. The first-order valence-corrected chi connectivity index (χ1v) is 8.53. The van der Waals surface area contributed by atoms with Crippen LogP contribution in [0.2, 0.25) is 5.02 Å². The van der Waals surface area contributed by atoms with E-state index in [0.717, 1.165) is 12.1 Å². The number of hydrogen-bond donors (Lipinski definition) is 1. The van der Waals surface area contributed by atoms with Gasteiger partial charge in [-0.05, 0) is 51.0 Å².